The van der Waals surface area contributed by atoms with Gasteiger partial charge in [0.05, 0.1) is 23.1 Å². The maximum atomic E-state index is 12.3. The predicted molar refractivity (Wildman–Crippen MR) is 141 cm³/mol. The summed E-state index contributed by atoms with van der Waals surface area (Å²) in [6, 6.07) is 17.5. The summed E-state index contributed by atoms with van der Waals surface area (Å²) in [5.41, 5.74) is 1.88. The Bertz CT molecular complexity index is 1570. The van der Waals surface area contributed by atoms with Crippen molar-refractivity contribution in [3.05, 3.63) is 111 Å². The van der Waals surface area contributed by atoms with Gasteiger partial charge in [-0.3, -0.25) is 9.78 Å². The Kier molecular flexibility index (Phi) is 7.96. The van der Waals surface area contributed by atoms with E-state index in [1.807, 2.05) is 48.5 Å². The second-order valence-corrected chi connectivity index (χ2v) is 9.42. The SMILES string of the molecule is Clc1nc2ccc(Br)cc2c(Cl)c1-c1ccccc1.Cn1cncc1C(=O)c1ccc(C(F)(F)F)nc1. The van der Waals surface area contributed by atoms with Gasteiger partial charge in [0, 0.05) is 34.2 Å². The highest BCUT2D eigenvalue weighted by Gasteiger charge is 2.32. The molecule has 0 saturated carbocycles. The predicted octanol–water partition coefficient (Wildman–Crippen LogP) is 8.04. The number of imidazole rings is 1. The van der Waals surface area contributed by atoms with E-state index in [0.29, 0.717) is 10.2 Å². The average molecular weight is 608 g/mol. The number of fused-ring (bicyclic) bond motifs is 1. The second kappa shape index (κ2) is 11.0. The zero-order valence-corrected chi connectivity index (χ0v) is 22.1. The number of pyridine rings is 2. The molecule has 3 aromatic heterocycles. The molecule has 0 aliphatic carbocycles. The van der Waals surface area contributed by atoms with Crippen molar-refractivity contribution in [3.63, 3.8) is 0 Å². The van der Waals surface area contributed by atoms with Crippen LogP contribution in [0.2, 0.25) is 10.2 Å². The molecule has 0 radical (unpaired) electrons. The van der Waals surface area contributed by atoms with Crippen LogP contribution in [0.3, 0.4) is 0 Å². The third-order valence-electron chi connectivity index (χ3n) is 5.27. The van der Waals surface area contributed by atoms with E-state index in [-0.39, 0.29) is 11.3 Å². The minimum atomic E-state index is -4.51. The Labute approximate surface area is 228 Å². The first-order chi connectivity index (χ1) is 17.6. The molecular formula is C26H16BrCl2F3N4O. The van der Waals surface area contributed by atoms with Crippen molar-refractivity contribution >= 4 is 55.8 Å². The first-order valence-electron chi connectivity index (χ1n) is 10.6. The topological polar surface area (TPSA) is 60.7 Å². The molecule has 0 N–H and O–H groups in total. The Hall–Kier alpha value is -3.27. The van der Waals surface area contributed by atoms with Gasteiger partial charge in [-0.05, 0) is 35.9 Å². The number of carbonyl (C=O) groups is 1. The summed E-state index contributed by atoms with van der Waals surface area (Å²) in [5.74, 6) is -0.420. The molecule has 2 aromatic carbocycles. The van der Waals surface area contributed by atoms with Gasteiger partial charge in [-0.15, -0.1) is 0 Å². The van der Waals surface area contributed by atoms with Gasteiger partial charge in [-0.25, -0.2) is 9.97 Å². The summed E-state index contributed by atoms with van der Waals surface area (Å²) in [5, 5.41) is 1.94. The quantitative estimate of drug-likeness (QED) is 0.154. The smallest absolute Gasteiger partial charge is 0.331 e. The van der Waals surface area contributed by atoms with Crippen LogP contribution >= 0.6 is 39.1 Å². The van der Waals surface area contributed by atoms with Crippen molar-refractivity contribution in [2.75, 3.05) is 0 Å². The van der Waals surface area contributed by atoms with Gasteiger partial charge >= 0.3 is 6.18 Å². The van der Waals surface area contributed by atoms with Crippen LogP contribution in [0.5, 0.6) is 0 Å². The third kappa shape index (κ3) is 6.01. The lowest BCUT2D eigenvalue weighted by molar-refractivity contribution is -0.141. The van der Waals surface area contributed by atoms with Crippen LogP contribution in [0.25, 0.3) is 22.0 Å². The highest BCUT2D eigenvalue weighted by Crippen LogP contribution is 2.38. The molecule has 0 saturated heterocycles. The molecule has 3 heterocycles. The zero-order chi connectivity index (χ0) is 26.7. The van der Waals surface area contributed by atoms with E-state index in [4.69, 9.17) is 23.2 Å². The molecule has 0 spiro atoms. The van der Waals surface area contributed by atoms with E-state index in [0.717, 1.165) is 44.8 Å². The molecule has 5 nitrogen and oxygen atoms in total. The first kappa shape index (κ1) is 26.8. The van der Waals surface area contributed by atoms with Gasteiger partial charge in [0.15, 0.2) is 0 Å². The number of carbonyl (C=O) groups excluding carboxylic acids is 1. The highest BCUT2D eigenvalue weighted by molar-refractivity contribution is 9.10. The fourth-order valence-corrected chi connectivity index (χ4v) is 4.49. The van der Waals surface area contributed by atoms with Crippen LogP contribution in [0, 0.1) is 0 Å². The molecule has 11 heteroatoms. The number of aryl methyl sites for hydroxylation is 1. The van der Waals surface area contributed by atoms with Crippen molar-refractivity contribution in [2.45, 2.75) is 6.18 Å². The average Bonchev–Trinajstić information content (AvgIpc) is 3.30. The molecule has 0 amide bonds. The van der Waals surface area contributed by atoms with Crippen molar-refractivity contribution in [3.8, 4) is 11.1 Å². The molecule has 0 atom stereocenters. The summed E-state index contributed by atoms with van der Waals surface area (Å²) in [6.07, 6.45) is -0.809. The van der Waals surface area contributed by atoms with Crippen LogP contribution in [0.1, 0.15) is 21.7 Å². The van der Waals surface area contributed by atoms with E-state index in [1.165, 1.54) is 17.1 Å². The fourth-order valence-electron chi connectivity index (χ4n) is 3.44. The van der Waals surface area contributed by atoms with Crippen LogP contribution < -0.4 is 0 Å². The summed E-state index contributed by atoms with van der Waals surface area (Å²) in [7, 11) is 1.62. The van der Waals surface area contributed by atoms with Gasteiger partial charge in [-0.2, -0.15) is 13.2 Å². The van der Waals surface area contributed by atoms with Crippen molar-refractivity contribution in [1.82, 2.24) is 19.5 Å². The Morgan fingerprint density at radius 1 is 1.00 bits per heavy atom. The second-order valence-electron chi connectivity index (χ2n) is 7.77. The maximum absolute atomic E-state index is 12.3. The summed E-state index contributed by atoms with van der Waals surface area (Å²) >= 11 is 16.2. The third-order valence-corrected chi connectivity index (χ3v) is 6.43. The number of hydrogen-bond acceptors (Lipinski definition) is 4. The van der Waals surface area contributed by atoms with E-state index < -0.39 is 17.7 Å². The van der Waals surface area contributed by atoms with Gasteiger partial charge in [0.25, 0.3) is 0 Å². The molecule has 0 aliphatic heterocycles. The molecule has 5 aromatic rings. The van der Waals surface area contributed by atoms with Gasteiger partial charge in [-0.1, -0.05) is 69.5 Å². The highest BCUT2D eigenvalue weighted by atomic mass is 79.9. The van der Waals surface area contributed by atoms with E-state index in [9.17, 15) is 18.0 Å². The first-order valence-corrected chi connectivity index (χ1v) is 12.1. The Balaban J connectivity index is 0.000000173. The lowest BCUT2D eigenvalue weighted by Gasteiger charge is -2.10. The van der Waals surface area contributed by atoms with Crippen molar-refractivity contribution in [1.29, 1.82) is 0 Å². The van der Waals surface area contributed by atoms with Gasteiger partial charge in [0.2, 0.25) is 5.78 Å². The molecule has 188 valence electrons. The number of aromatic nitrogens is 4. The summed E-state index contributed by atoms with van der Waals surface area (Å²) in [6.45, 7) is 0. The van der Waals surface area contributed by atoms with E-state index >= 15 is 0 Å². The molecule has 0 fully saturated rings. The largest absolute Gasteiger partial charge is 0.433 e. The minimum absolute atomic E-state index is 0.0894. The monoisotopic (exact) mass is 606 g/mol. The molecular weight excluding hydrogens is 592 g/mol. The number of hydrogen-bond donors (Lipinski definition) is 0. The molecule has 0 bridgehead atoms. The number of ketones is 1. The number of benzene rings is 2. The Morgan fingerprint density at radius 3 is 2.32 bits per heavy atom. The van der Waals surface area contributed by atoms with E-state index in [2.05, 4.69) is 30.9 Å². The summed E-state index contributed by atoms with van der Waals surface area (Å²) < 4.78 is 39.3. The van der Waals surface area contributed by atoms with Crippen molar-refractivity contribution < 1.29 is 18.0 Å². The van der Waals surface area contributed by atoms with Crippen LogP contribution in [-0.4, -0.2) is 25.3 Å². The molecule has 37 heavy (non-hydrogen) atoms. The Morgan fingerprint density at radius 2 is 1.73 bits per heavy atom. The molecule has 0 unspecified atom stereocenters. The number of halogens is 6. The van der Waals surface area contributed by atoms with E-state index in [1.54, 1.807) is 7.05 Å². The van der Waals surface area contributed by atoms with Crippen LogP contribution in [0.15, 0.2) is 83.9 Å². The number of nitrogens with zero attached hydrogens (tertiary/aromatic N) is 4. The zero-order valence-electron chi connectivity index (χ0n) is 19.0. The normalized spacial score (nSPS) is 11.2. The lowest BCUT2D eigenvalue weighted by atomic mass is 10.1. The fraction of sp³-hybridized carbons (Fsp3) is 0.0769. The van der Waals surface area contributed by atoms with Crippen molar-refractivity contribution in [2.24, 2.45) is 7.05 Å². The van der Waals surface area contributed by atoms with Gasteiger partial charge in [0.1, 0.15) is 16.5 Å². The molecule has 0 aliphatic rings. The summed E-state index contributed by atoms with van der Waals surface area (Å²) in [4.78, 5) is 23.3. The van der Waals surface area contributed by atoms with Crippen LogP contribution in [0.4, 0.5) is 13.2 Å². The number of rotatable bonds is 3. The van der Waals surface area contributed by atoms with Gasteiger partial charge < -0.3 is 4.57 Å². The lowest BCUT2D eigenvalue weighted by Crippen LogP contribution is -2.11. The van der Waals surface area contributed by atoms with Crippen LogP contribution in [-0.2, 0) is 13.2 Å². The number of alkyl halides is 3. The minimum Gasteiger partial charge on any atom is -0.331 e. The standard InChI is InChI=1S/C15H8BrCl2N.C11H8F3N3O/c16-10-6-7-12-11(8-10)14(17)13(15(18)19-12)9-4-2-1-3-5-9;1-17-6-15-5-8(17)10(18)7-2-3-9(16-4-7)11(12,13)14/h1-8H;2-6H,1H3. The maximum Gasteiger partial charge on any atom is 0.433 e. The molecule has 5 rings (SSSR count).